The molecule has 0 fully saturated rings. The van der Waals surface area contributed by atoms with Crippen LogP contribution in [0.1, 0.15) is 32.3 Å². The van der Waals surface area contributed by atoms with E-state index in [1.807, 2.05) is 18.2 Å². The van der Waals surface area contributed by atoms with E-state index >= 15 is 0 Å². The monoisotopic (exact) mass is 486 g/mol. The third-order valence-corrected chi connectivity index (χ3v) is 6.36. The van der Waals surface area contributed by atoms with E-state index in [-0.39, 0.29) is 11.3 Å². The average Bonchev–Trinajstić information content (AvgIpc) is 3.16. The molecule has 0 radical (unpaired) electrons. The summed E-state index contributed by atoms with van der Waals surface area (Å²) in [5.41, 5.74) is 2.46. The van der Waals surface area contributed by atoms with Gasteiger partial charge in [-0.15, -0.1) is 11.3 Å². The number of benzene rings is 1. The van der Waals surface area contributed by atoms with E-state index in [0.29, 0.717) is 34.0 Å². The minimum atomic E-state index is -0.578. The lowest BCUT2D eigenvalue weighted by Crippen LogP contribution is -2.22. The van der Waals surface area contributed by atoms with Crippen LogP contribution in [0.2, 0.25) is 5.02 Å². The summed E-state index contributed by atoms with van der Waals surface area (Å²) in [7, 11) is 1.48. The zero-order valence-corrected chi connectivity index (χ0v) is 19.9. The number of carbonyl (C=O) groups is 2. The van der Waals surface area contributed by atoms with Crippen LogP contribution < -0.4 is 26.0 Å². The Kier molecular flexibility index (Phi) is 6.39. The standard InChI is InChI=1S/C22H23ClN6O3S/c1-22(2)8-6-17(30)27-15-10-12(4-5-13(15)22)26-20-25-11-14(23)18(29-20)28-19-16(7-9-33-19)32-21(31)24-3/h4-5,7,9-11H,6,8H2,1-3H3,(H,24,31)(H,27,30)(H2,25,26,28,29). The van der Waals surface area contributed by atoms with E-state index < -0.39 is 6.09 Å². The molecule has 3 aromatic rings. The van der Waals surface area contributed by atoms with Crippen molar-refractivity contribution in [2.75, 3.05) is 23.0 Å². The van der Waals surface area contributed by atoms with Crippen LogP contribution in [0.3, 0.4) is 0 Å². The smallest absolute Gasteiger partial charge is 0.407 e. The molecule has 0 saturated carbocycles. The van der Waals surface area contributed by atoms with Crippen LogP contribution in [0.4, 0.5) is 32.9 Å². The number of ether oxygens (including phenoxy) is 1. The van der Waals surface area contributed by atoms with Gasteiger partial charge in [0, 0.05) is 24.8 Å². The predicted molar refractivity (Wildman–Crippen MR) is 130 cm³/mol. The highest BCUT2D eigenvalue weighted by Gasteiger charge is 2.28. The molecular weight excluding hydrogens is 464 g/mol. The summed E-state index contributed by atoms with van der Waals surface area (Å²) < 4.78 is 5.22. The Morgan fingerprint density at radius 3 is 2.88 bits per heavy atom. The number of hydrogen-bond donors (Lipinski definition) is 4. The second kappa shape index (κ2) is 9.24. The lowest BCUT2D eigenvalue weighted by molar-refractivity contribution is -0.116. The SMILES string of the molecule is CNC(=O)Oc1ccsc1Nc1nc(Nc2ccc3c(c2)NC(=O)CCC3(C)C)ncc1Cl. The van der Waals surface area contributed by atoms with E-state index in [1.165, 1.54) is 24.6 Å². The molecule has 0 atom stereocenters. The topological polar surface area (TPSA) is 117 Å². The number of amides is 2. The van der Waals surface area contributed by atoms with Gasteiger partial charge in [0.25, 0.3) is 0 Å². The second-order valence-corrected chi connectivity index (χ2v) is 9.41. The van der Waals surface area contributed by atoms with Crippen molar-refractivity contribution in [1.82, 2.24) is 15.3 Å². The minimum absolute atomic E-state index is 0.000991. The number of fused-ring (bicyclic) bond motifs is 1. The van der Waals surface area contributed by atoms with Gasteiger partial charge in [-0.1, -0.05) is 31.5 Å². The Labute approximate surface area is 199 Å². The first-order valence-corrected chi connectivity index (χ1v) is 11.5. The maximum atomic E-state index is 12.1. The van der Waals surface area contributed by atoms with Gasteiger partial charge in [-0.25, -0.2) is 9.78 Å². The van der Waals surface area contributed by atoms with Crippen LogP contribution in [0, 0.1) is 0 Å². The number of rotatable bonds is 5. The number of halogens is 1. The Balaban J connectivity index is 1.56. The molecule has 172 valence electrons. The summed E-state index contributed by atoms with van der Waals surface area (Å²) in [6.07, 6.45) is 2.16. The Hall–Kier alpha value is -3.37. The Bertz CT molecular complexity index is 1210. The molecule has 9 nitrogen and oxygen atoms in total. The van der Waals surface area contributed by atoms with E-state index in [4.69, 9.17) is 16.3 Å². The highest BCUT2D eigenvalue weighted by atomic mass is 35.5. The van der Waals surface area contributed by atoms with E-state index in [0.717, 1.165) is 23.4 Å². The number of carbonyl (C=O) groups excluding carboxylic acids is 2. The van der Waals surface area contributed by atoms with Gasteiger partial charge in [0.05, 0.1) is 6.20 Å². The van der Waals surface area contributed by atoms with Crippen molar-refractivity contribution in [2.24, 2.45) is 0 Å². The van der Waals surface area contributed by atoms with Gasteiger partial charge in [0.2, 0.25) is 11.9 Å². The van der Waals surface area contributed by atoms with Gasteiger partial charge in [-0.2, -0.15) is 4.98 Å². The van der Waals surface area contributed by atoms with Crippen LogP contribution in [-0.4, -0.2) is 29.0 Å². The van der Waals surface area contributed by atoms with E-state index in [2.05, 4.69) is 45.1 Å². The molecule has 0 unspecified atom stereocenters. The molecule has 0 aliphatic carbocycles. The molecular formula is C22H23ClN6O3S. The summed E-state index contributed by atoms with van der Waals surface area (Å²) in [6, 6.07) is 7.48. The highest BCUT2D eigenvalue weighted by molar-refractivity contribution is 7.14. The van der Waals surface area contributed by atoms with Crippen LogP contribution in [-0.2, 0) is 10.2 Å². The van der Waals surface area contributed by atoms with E-state index in [1.54, 1.807) is 11.4 Å². The van der Waals surface area contributed by atoms with Crippen molar-refractivity contribution in [3.8, 4) is 5.75 Å². The first kappa shape index (κ1) is 22.8. The molecule has 0 spiro atoms. The highest BCUT2D eigenvalue weighted by Crippen LogP contribution is 2.39. The molecule has 1 aliphatic heterocycles. The van der Waals surface area contributed by atoms with Crippen LogP contribution in [0.15, 0.2) is 35.8 Å². The van der Waals surface area contributed by atoms with Gasteiger partial charge >= 0.3 is 6.09 Å². The van der Waals surface area contributed by atoms with Gasteiger partial charge in [0.1, 0.15) is 10.0 Å². The zero-order valence-electron chi connectivity index (χ0n) is 18.3. The molecule has 0 bridgehead atoms. The number of anilines is 5. The lowest BCUT2D eigenvalue weighted by Gasteiger charge is -2.24. The van der Waals surface area contributed by atoms with Crippen molar-refractivity contribution in [2.45, 2.75) is 32.1 Å². The quantitative estimate of drug-likeness (QED) is 0.381. The summed E-state index contributed by atoms with van der Waals surface area (Å²) in [4.78, 5) is 32.4. The third kappa shape index (κ3) is 5.18. The number of hydrogen-bond acceptors (Lipinski definition) is 8. The van der Waals surface area contributed by atoms with Crippen molar-refractivity contribution >= 4 is 63.1 Å². The first-order valence-electron chi connectivity index (χ1n) is 10.2. The average molecular weight is 487 g/mol. The molecule has 3 heterocycles. The predicted octanol–water partition coefficient (Wildman–Crippen LogP) is 5.41. The molecule has 0 saturated heterocycles. The fraction of sp³-hybridized carbons (Fsp3) is 0.273. The van der Waals surface area contributed by atoms with Crippen molar-refractivity contribution in [3.63, 3.8) is 0 Å². The maximum Gasteiger partial charge on any atom is 0.412 e. The molecule has 2 amide bonds. The van der Waals surface area contributed by atoms with Crippen molar-refractivity contribution in [1.29, 1.82) is 0 Å². The maximum absolute atomic E-state index is 12.1. The summed E-state index contributed by atoms with van der Waals surface area (Å²) in [5.74, 6) is 1.01. The summed E-state index contributed by atoms with van der Waals surface area (Å²) >= 11 is 7.62. The Morgan fingerprint density at radius 1 is 1.27 bits per heavy atom. The fourth-order valence-corrected chi connectivity index (χ4v) is 4.31. The number of thiophene rings is 1. The summed E-state index contributed by atoms with van der Waals surface area (Å²) in [5, 5.41) is 14.3. The Morgan fingerprint density at radius 2 is 2.09 bits per heavy atom. The first-order chi connectivity index (χ1) is 15.7. The number of aromatic nitrogens is 2. The van der Waals surface area contributed by atoms with Crippen LogP contribution in [0.25, 0.3) is 0 Å². The van der Waals surface area contributed by atoms with E-state index in [9.17, 15) is 9.59 Å². The molecule has 33 heavy (non-hydrogen) atoms. The second-order valence-electron chi connectivity index (χ2n) is 8.09. The fourth-order valence-electron chi connectivity index (χ4n) is 3.46. The van der Waals surface area contributed by atoms with Gasteiger partial charge < -0.3 is 26.0 Å². The molecule has 11 heteroatoms. The summed E-state index contributed by atoms with van der Waals surface area (Å²) in [6.45, 7) is 4.26. The minimum Gasteiger partial charge on any atom is -0.407 e. The normalized spacial score (nSPS) is 14.5. The molecule has 1 aromatic carbocycles. The van der Waals surface area contributed by atoms with Gasteiger partial charge in [0.15, 0.2) is 11.6 Å². The third-order valence-electron chi connectivity index (χ3n) is 5.27. The van der Waals surface area contributed by atoms with Crippen molar-refractivity contribution < 1.29 is 14.3 Å². The van der Waals surface area contributed by atoms with Crippen molar-refractivity contribution in [3.05, 3.63) is 46.4 Å². The molecule has 1 aliphatic rings. The lowest BCUT2D eigenvalue weighted by atomic mass is 9.80. The van der Waals surface area contributed by atoms with Crippen LogP contribution >= 0.6 is 22.9 Å². The number of nitrogens with one attached hydrogen (secondary N) is 4. The van der Waals surface area contributed by atoms with Crippen LogP contribution in [0.5, 0.6) is 5.75 Å². The molecule has 2 aromatic heterocycles. The van der Waals surface area contributed by atoms with Gasteiger partial charge in [-0.3, -0.25) is 4.79 Å². The zero-order chi connectivity index (χ0) is 23.6. The molecule has 4 rings (SSSR count). The largest absolute Gasteiger partial charge is 0.412 e. The van der Waals surface area contributed by atoms with Gasteiger partial charge in [-0.05, 0) is 41.0 Å². The number of nitrogens with zero attached hydrogens (tertiary/aromatic N) is 2. The molecule has 4 N–H and O–H groups in total.